The maximum Gasteiger partial charge on any atom is 0.123 e. The molecule has 168 valence electrons. The van der Waals surface area contributed by atoms with Crippen molar-refractivity contribution < 1.29 is 4.74 Å². The van der Waals surface area contributed by atoms with Crippen LogP contribution in [-0.2, 0) is 12.0 Å². The van der Waals surface area contributed by atoms with Gasteiger partial charge < -0.3 is 4.74 Å². The van der Waals surface area contributed by atoms with Gasteiger partial charge in [0.2, 0.25) is 0 Å². The molecular weight excluding hydrogens is 402 g/mol. The number of aromatic nitrogens is 1. The van der Waals surface area contributed by atoms with Crippen LogP contribution in [0, 0.1) is 0 Å². The molecule has 0 radical (unpaired) electrons. The lowest BCUT2D eigenvalue weighted by Gasteiger charge is -2.21. The van der Waals surface area contributed by atoms with Crippen LogP contribution < -0.4 is 4.74 Å². The first-order valence-corrected chi connectivity index (χ1v) is 12.2. The molecule has 0 bridgehead atoms. The minimum atomic E-state index is 0.0729. The van der Waals surface area contributed by atoms with Crippen LogP contribution in [0.15, 0.2) is 79.0 Å². The smallest absolute Gasteiger partial charge is 0.123 e. The van der Waals surface area contributed by atoms with Gasteiger partial charge in [0.05, 0.1) is 5.52 Å². The third kappa shape index (κ3) is 4.66. The first-order chi connectivity index (χ1) is 16.0. The summed E-state index contributed by atoms with van der Waals surface area (Å²) >= 11 is 0. The van der Waals surface area contributed by atoms with Gasteiger partial charge in [0, 0.05) is 17.1 Å². The molecule has 0 atom stereocenters. The molecule has 0 amide bonds. The van der Waals surface area contributed by atoms with Gasteiger partial charge in [-0.15, -0.1) is 0 Å². The topological polar surface area (TPSA) is 22.1 Å². The number of para-hydroxylation sites is 1. The van der Waals surface area contributed by atoms with Crippen molar-refractivity contribution in [2.45, 2.75) is 64.4 Å². The summed E-state index contributed by atoms with van der Waals surface area (Å²) in [6, 6.07) is 26.1. The highest BCUT2D eigenvalue weighted by atomic mass is 16.5. The molecule has 4 aromatic rings. The van der Waals surface area contributed by atoms with Crippen molar-refractivity contribution >= 4 is 10.9 Å². The standard InChI is InChI=1S/C31H33NO/c1-31(2,3)26-19-25-14-9-17-32-30(25)28(20-26)24-13-8-10-22(18-24)21-33-29-16-7-6-15-27(29)23-11-4-5-12-23/h6-10,13-20,23H,4-5,11-12,21H2,1-3H3. The first-order valence-electron chi connectivity index (χ1n) is 12.2. The van der Waals surface area contributed by atoms with Gasteiger partial charge in [-0.1, -0.05) is 76.1 Å². The zero-order chi connectivity index (χ0) is 22.8. The summed E-state index contributed by atoms with van der Waals surface area (Å²) in [6.07, 6.45) is 7.10. The number of hydrogen-bond acceptors (Lipinski definition) is 2. The van der Waals surface area contributed by atoms with Crippen LogP contribution in [0.4, 0.5) is 0 Å². The Morgan fingerprint density at radius 2 is 1.70 bits per heavy atom. The summed E-state index contributed by atoms with van der Waals surface area (Å²) in [7, 11) is 0. The fraction of sp³-hybridized carbons (Fsp3) is 0.323. The zero-order valence-electron chi connectivity index (χ0n) is 20.0. The highest BCUT2D eigenvalue weighted by Crippen LogP contribution is 2.39. The molecule has 5 rings (SSSR count). The maximum absolute atomic E-state index is 6.38. The van der Waals surface area contributed by atoms with Crippen molar-refractivity contribution in [3.63, 3.8) is 0 Å². The van der Waals surface area contributed by atoms with Gasteiger partial charge in [-0.25, -0.2) is 0 Å². The van der Waals surface area contributed by atoms with E-state index in [0.717, 1.165) is 11.3 Å². The number of nitrogens with zero attached hydrogens (tertiary/aromatic N) is 1. The van der Waals surface area contributed by atoms with Crippen molar-refractivity contribution in [1.29, 1.82) is 0 Å². The van der Waals surface area contributed by atoms with E-state index >= 15 is 0 Å². The van der Waals surface area contributed by atoms with Crippen LogP contribution in [0.25, 0.3) is 22.0 Å². The van der Waals surface area contributed by atoms with E-state index in [0.29, 0.717) is 12.5 Å². The largest absolute Gasteiger partial charge is 0.489 e. The average molecular weight is 436 g/mol. The van der Waals surface area contributed by atoms with E-state index in [2.05, 4.69) is 87.5 Å². The summed E-state index contributed by atoms with van der Waals surface area (Å²) in [6.45, 7) is 7.36. The number of rotatable bonds is 5. The second-order valence-electron chi connectivity index (χ2n) is 10.4. The van der Waals surface area contributed by atoms with Gasteiger partial charge in [-0.2, -0.15) is 0 Å². The predicted molar refractivity (Wildman–Crippen MR) is 138 cm³/mol. The van der Waals surface area contributed by atoms with Crippen LogP contribution in [0.1, 0.15) is 69.1 Å². The average Bonchev–Trinajstić information content (AvgIpc) is 3.37. The quantitative estimate of drug-likeness (QED) is 0.314. The van der Waals surface area contributed by atoms with Crippen molar-refractivity contribution in [2.24, 2.45) is 0 Å². The fourth-order valence-corrected chi connectivity index (χ4v) is 5.02. The molecule has 0 unspecified atom stereocenters. The molecule has 2 nitrogen and oxygen atoms in total. The van der Waals surface area contributed by atoms with E-state index in [4.69, 9.17) is 9.72 Å². The Morgan fingerprint density at radius 3 is 2.52 bits per heavy atom. The van der Waals surface area contributed by atoms with E-state index in [1.165, 1.54) is 58.9 Å². The predicted octanol–water partition coefficient (Wildman–Crippen LogP) is 8.44. The summed E-state index contributed by atoms with van der Waals surface area (Å²) in [5, 5.41) is 1.19. The Morgan fingerprint density at radius 1 is 0.879 bits per heavy atom. The normalized spacial score (nSPS) is 14.6. The van der Waals surface area contributed by atoms with E-state index in [9.17, 15) is 0 Å². The molecular formula is C31H33NO. The molecule has 0 aliphatic heterocycles. The Hall–Kier alpha value is -3.13. The Bertz CT molecular complexity index is 1260. The van der Waals surface area contributed by atoms with Gasteiger partial charge in [-0.3, -0.25) is 4.98 Å². The third-order valence-corrected chi connectivity index (χ3v) is 6.92. The summed E-state index contributed by atoms with van der Waals surface area (Å²) in [4.78, 5) is 4.73. The molecule has 0 N–H and O–H groups in total. The Kier molecular flexibility index (Phi) is 5.93. The molecule has 0 saturated heterocycles. The van der Waals surface area contributed by atoms with Crippen LogP contribution in [-0.4, -0.2) is 4.98 Å². The number of hydrogen-bond donors (Lipinski definition) is 0. The van der Waals surface area contributed by atoms with Crippen molar-refractivity contribution in [1.82, 2.24) is 4.98 Å². The lowest BCUT2D eigenvalue weighted by atomic mass is 9.84. The van der Waals surface area contributed by atoms with Crippen LogP contribution in [0.2, 0.25) is 0 Å². The van der Waals surface area contributed by atoms with E-state index < -0.39 is 0 Å². The second kappa shape index (κ2) is 9.02. The summed E-state index contributed by atoms with van der Waals surface area (Å²) < 4.78 is 6.38. The van der Waals surface area contributed by atoms with Gasteiger partial charge in [0.25, 0.3) is 0 Å². The van der Waals surface area contributed by atoms with Gasteiger partial charge in [0.15, 0.2) is 0 Å². The molecule has 33 heavy (non-hydrogen) atoms. The number of ether oxygens (including phenoxy) is 1. The van der Waals surface area contributed by atoms with Crippen molar-refractivity contribution in [3.8, 4) is 16.9 Å². The third-order valence-electron chi connectivity index (χ3n) is 6.92. The number of fused-ring (bicyclic) bond motifs is 1. The molecule has 0 spiro atoms. The summed E-state index contributed by atoms with van der Waals surface area (Å²) in [5.41, 5.74) is 7.38. The van der Waals surface area contributed by atoms with Crippen LogP contribution in [0.3, 0.4) is 0 Å². The molecule has 2 heteroatoms. The fourth-order valence-electron chi connectivity index (χ4n) is 5.02. The summed E-state index contributed by atoms with van der Waals surface area (Å²) in [5.74, 6) is 1.68. The first kappa shape index (κ1) is 21.7. The highest BCUT2D eigenvalue weighted by molar-refractivity contribution is 5.94. The van der Waals surface area contributed by atoms with Crippen molar-refractivity contribution in [3.05, 3.63) is 95.7 Å². The Labute approximate surface area is 197 Å². The van der Waals surface area contributed by atoms with Gasteiger partial charge in [0.1, 0.15) is 12.4 Å². The van der Waals surface area contributed by atoms with E-state index in [1.54, 1.807) is 0 Å². The molecule has 1 aromatic heterocycles. The van der Waals surface area contributed by atoms with Crippen LogP contribution in [0.5, 0.6) is 5.75 Å². The maximum atomic E-state index is 6.38. The minimum Gasteiger partial charge on any atom is -0.489 e. The number of pyridine rings is 1. The monoisotopic (exact) mass is 435 g/mol. The lowest BCUT2D eigenvalue weighted by Crippen LogP contribution is -2.11. The van der Waals surface area contributed by atoms with E-state index in [1.807, 2.05) is 12.3 Å². The van der Waals surface area contributed by atoms with E-state index in [-0.39, 0.29) is 5.41 Å². The highest BCUT2D eigenvalue weighted by Gasteiger charge is 2.20. The SMILES string of the molecule is CC(C)(C)c1cc(-c2cccc(COc3ccccc3C3CCCC3)c2)c2ncccc2c1. The van der Waals surface area contributed by atoms with Crippen molar-refractivity contribution in [2.75, 3.05) is 0 Å². The van der Waals surface area contributed by atoms with Gasteiger partial charge in [-0.05, 0) is 76.8 Å². The van der Waals surface area contributed by atoms with Gasteiger partial charge >= 0.3 is 0 Å². The van der Waals surface area contributed by atoms with Crippen LogP contribution >= 0.6 is 0 Å². The molecule has 1 fully saturated rings. The zero-order valence-corrected chi connectivity index (χ0v) is 20.0. The second-order valence-corrected chi connectivity index (χ2v) is 10.4. The number of benzene rings is 3. The lowest BCUT2D eigenvalue weighted by molar-refractivity contribution is 0.301. The molecule has 1 saturated carbocycles. The molecule has 3 aromatic carbocycles. The Balaban J connectivity index is 1.46. The molecule has 1 aliphatic rings. The molecule has 1 heterocycles. The minimum absolute atomic E-state index is 0.0729. The molecule has 1 aliphatic carbocycles.